The fourth-order valence-corrected chi connectivity index (χ4v) is 4.45. The third-order valence-corrected chi connectivity index (χ3v) is 6.35. The number of para-hydroxylation sites is 2. The fraction of sp³-hybridized carbons (Fsp3) is 0.0769. The molecule has 0 aliphatic carbocycles. The first-order valence-electron chi connectivity index (χ1n) is 9.87. The van der Waals surface area contributed by atoms with E-state index in [4.69, 9.17) is 0 Å². The predicted molar refractivity (Wildman–Crippen MR) is 126 cm³/mol. The van der Waals surface area contributed by atoms with Crippen molar-refractivity contribution in [1.29, 1.82) is 0 Å². The molecule has 0 aliphatic heterocycles. The summed E-state index contributed by atoms with van der Waals surface area (Å²) < 4.78 is 13.6. The molecular weight excluding hydrogens is 388 g/mol. The van der Waals surface area contributed by atoms with Crippen molar-refractivity contribution in [2.24, 2.45) is 0 Å². The lowest BCUT2D eigenvalue weighted by atomic mass is 10.2. The SMILES string of the molecule is Cc1ccc(Nc2ccccc2S(=O)c2ccccc2Nc2ccc(C)cc2)cc1. The zero-order valence-electron chi connectivity index (χ0n) is 17.1. The third kappa shape index (κ3) is 4.61. The molecule has 3 nitrogen and oxygen atoms in total. The van der Waals surface area contributed by atoms with E-state index < -0.39 is 10.8 Å². The highest BCUT2D eigenvalue weighted by atomic mass is 32.2. The van der Waals surface area contributed by atoms with Gasteiger partial charge in [-0.15, -0.1) is 0 Å². The first-order valence-corrected chi connectivity index (χ1v) is 11.0. The van der Waals surface area contributed by atoms with Gasteiger partial charge in [0.25, 0.3) is 0 Å². The molecule has 0 saturated heterocycles. The van der Waals surface area contributed by atoms with Gasteiger partial charge in [0.2, 0.25) is 0 Å². The summed E-state index contributed by atoms with van der Waals surface area (Å²) in [4.78, 5) is 1.49. The van der Waals surface area contributed by atoms with E-state index in [-0.39, 0.29) is 0 Å². The Balaban J connectivity index is 1.65. The molecule has 4 aromatic carbocycles. The molecule has 0 atom stereocenters. The Morgan fingerprint density at radius 1 is 0.533 bits per heavy atom. The van der Waals surface area contributed by atoms with E-state index >= 15 is 0 Å². The van der Waals surface area contributed by atoms with Gasteiger partial charge in [-0.05, 0) is 62.4 Å². The Morgan fingerprint density at radius 3 is 1.30 bits per heavy atom. The summed E-state index contributed by atoms with van der Waals surface area (Å²) in [6.45, 7) is 4.12. The van der Waals surface area contributed by atoms with Crippen molar-refractivity contribution >= 4 is 33.5 Å². The summed E-state index contributed by atoms with van der Waals surface area (Å²) in [6, 6.07) is 31.8. The number of hydrogen-bond acceptors (Lipinski definition) is 3. The minimum Gasteiger partial charge on any atom is -0.355 e. The van der Waals surface area contributed by atoms with Gasteiger partial charge in [0, 0.05) is 11.4 Å². The Labute approximate surface area is 180 Å². The summed E-state index contributed by atoms with van der Waals surface area (Å²) in [5.41, 5.74) is 6.02. The fourth-order valence-electron chi connectivity index (χ4n) is 3.17. The maximum Gasteiger partial charge on any atom is 0.0892 e. The average molecular weight is 413 g/mol. The molecule has 0 amide bonds. The van der Waals surface area contributed by atoms with Crippen molar-refractivity contribution < 1.29 is 4.21 Å². The topological polar surface area (TPSA) is 41.1 Å². The highest BCUT2D eigenvalue weighted by molar-refractivity contribution is 7.85. The number of anilines is 4. The second kappa shape index (κ2) is 8.97. The molecule has 150 valence electrons. The second-order valence-corrected chi connectivity index (χ2v) is 8.66. The molecule has 4 aromatic rings. The number of hydrogen-bond donors (Lipinski definition) is 2. The van der Waals surface area contributed by atoms with Crippen LogP contribution >= 0.6 is 0 Å². The minimum absolute atomic E-state index is 0.747. The van der Waals surface area contributed by atoms with Gasteiger partial charge in [0.15, 0.2) is 0 Å². The van der Waals surface area contributed by atoms with E-state index in [1.165, 1.54) is 11.1 Å². The van der Waals surface area contributed by atoms with E-state index in [0.29, 0.717) is 0 Å². The number of rotatable bonds is 6. The lowest BCUT2D eigenvalue weighted by molar-refractivity contribution is 0.683. The molecule has 0 bridgehead atoms. The lowest BCUT2D eigenvalue weighted by Crippen LogP contribution is -2.02. The molecular formula is C26H24N2OS. The van der Waals surface area contributed by atoms with Gasteiger partial charge in [-0.1, -0.05) is 59.7 Å². The van der Waals surface area contributed by atoms with E-state index in [0.717, 1.165) is 32.5 Å². The molecule has 0 fully saturated rings. The number of benzene rings is 4. The van der Waals surface area contributed by atoms with Crippen LogP contribution in [0.1, 0.15) is 11.1 Å². The quantitative estimate of drug-likeness (QED) is 0.360. The van der Waals surface area contributed by atoms with E-state index in [9.17, 15) is 4.21 Å². The lowest BCUT2D eigenvalue weighted by Gasteiger charge is -2.15. The molecule has 0 aromatic heterocycles. The normalized spacial score (nSPS) is 10.8. The van der Waals surface area contributed by atoms with E-state index in [1.54, 1.807) is 0 Å². The van der Waals surface area contributed by atoms with Crippen molar-refractivity contribution in [3.63, 3.8) is 0 Å². The van der Waals surface area contributed by atoms with Crippen molar-refractivity contribution in [3.05, 3.63) is 108 Å². The van der Waals surface area contributed by atoms with Crippen molar-refractivity contribution in [2.75, 3.05) is 10.6 Å². The van der Waals surface area contributed by atoms with Crippen LogP contribution in [0.3, 0.4) is 0 Å². The summed E-state index contributed by atoms with van der Waals surface area (Å²) in [5, 5.41) is 6.82. The van der Waals surface area contributed by atoms with Gasteiger partial charge in [-0.2, -0.15) is 0 Å². The van der Waals surface area contributed by atoms with Crippen LogP contribution in [0.4, 0.5) is 22.7 Å². The average Bonchev–Trinajstić information content (AvgIpc) is 2.77. The van der Waals surface area contributed by atoms with Gasteiger partial charge in [0.05, 0.1) is 32.0 Å². The minimum atomic E-state index is -1.35. The first-order chi connectivity index (χ1) is 14.6. The van der Waals surface area contributed by atoms with Gasteiger partial charge < -0.3 is 10.6 Å². The van der Waals surface area contributed by atoms with Crippen LogP contribution in [-0.2, 0) is 10.8 Å². The largest absolute Gasteiger partial charge is 0.355 e. The summed E-state index contributed by atoms with van der Waals surface area (Å²) in [7, 11) is -1.35. The van der Waals surface area contributed by atoms with Crippen molar-refractivity contribution in [1.82, 2.24) is 0 Å². The molecule has 0 aliphatic rings. The molecule has 0 spiro atoms. The molecule has 0 radical (unpaired) electrons. The molecule has 2 N–H and O–H groups in total. The maximum absolute atomic E-state index is 13.6. The second-order valence-electron chi connectivity index (χ2n) is 7.24. The van der Waals surface area contributed by atoms with Gasteiger partial charge >= 0.3 is 0 Å². The highest BCUT2D eigenvalue weighted by Gasteiger charge is 2.15. The highest BCUT2D eigenvalue weighted by Crippen LogP contribution is 2.31. The zero-order chi connectivity index (χ0) is 20.9. The molecule has 0 heterocycles. The van der Waals surface area contributed by atoms with Crippen LogP contribution in [0.25, 0.3) is 0 Å². The molecule has 0 saturated carbocycles. The zero-order valence-corrected chi connectivity index (χ0v) is 17.9. The number of aryl methyl sites for hydroxylation is 2. The van der Waals surface area contributed by atoms with Gasteiger partial charge in [-0.25, -0.2) is 4.21 Å². The van der Waals surface area contributed by atoms with Crippen molar-refractivity contribution in [2.45, 2.75) is 23.6 Å². The Bertz CT molecular complexity index is 1080. The Morgan fingerprint density at radius 2 is 0.900 bits per heavy atom. The third-order valence-electron chi connectivity index (χ3n) is 4.83. The van der Waals surface area contributed by atoms with Gasteiger partial charge in [0.1, 0.15) is 0 Å². The molecule has 4 rings (SSSR count). The molecule has 0 unspecified atom stereocenters. The van der Waals surface area contributed by atoms with Crippen LogP contribution in [0.2, 0.25) is 0 Å². The first kappa shape index (κ1) is 19.9. The summed E-state index contributed by atoms with van der Waals surface area (Å²) in [5.74, 6) is 0. The smallest absolute Gasteiger partial charge is 0.0892 e. The monoisotopic (exact) mass is 412 g/mol. The predicted octanol–water partition coefficient (Wildman–Crippen LogP) is 6.96. The molecule has 4 heteroatoms. The molecule has 30 heavy (non-hydrogen) atoms. The Kier molecular flexibility index (Phi) is 5.96. The van der Waals surface area contributed by atoms with E-state index in [2.05, 4.69) is 48.7 Å². The van der Waals surface area contributed by atoms with Gasteiger partial charge in [-0.3, -0.25) is 0 Å². The van der Waals surface area contributed by atoms with E-state index in [1.807, 2.05) is 72.8 Å². The Hall–Kier alpha value is -3.37. The van der Waals surface area contributed by atoms with Crippen LogP contribution in [0, 0.1) is 13.8 Å². The summed E-state index contributed by atoms with van der Waals surface area (Å²) >= 11 is 0. The summed E-state index contributed by atoms with van der Waals surface area (Å²) in [6.07, 6.45) is 0. The standard InChI is InChI=1S/C26H24N2OS/c1-19-11-15-21(16-12-19)27-23-7-3-5-9-25(23)30(29)26-10-6-4-8-24(26)28-22-17-13-20(2)14-18-22/h3-18,27-28H,1-2H3. The maximum atomic E-state index is 13.6. The number of nitrogens with one attached hydrogen (secondary N) is 2. The van der Waals surface area contributed by atoms with Crippen LogP contribution in [0.5, 0.6) is 0 Å². The van der Waals surface area contributed by atoms with Crippen molar-refractivity contribution in [3.8, 4) is 0 Å². The van der Waals surface area contributed by atoms with Crippen LogP contribution in [-0.4, -0.2) is 4.21 Å². The van der Waals surface area contributed by atoms with Crippen LogP contribution < -0.4 is 10.6 Å². The van der Waals surface area contributed by atoms with Crippen LogP contribution in [0.15, 0.2) is 107 Å².